The molecular weight excluding hydrogens is 390 g/mol. The average Bonchev–Trinajstić information content (AvgIpc) is 3.30. The number of hydrogen-bond donors (Lipinski definition) is 1. The lowest BCUT2D eigenvalue weighted by atomic mass is 10.1. The fourth-order valence-corrected chi connectivity index (χ4v) is 3.26. The second-order valence-electron chi connectivity index (χ2n) is 7.11. The highest BCUT2D eigenvalue weighted by molar-refractivity contribution is 6.32. The Bertz CT molecular complexity index is 1000. The molecule has 154 valence electrons. The van der Waals surface area contributed by atoms with E-state index in [-0.39, 0.29) is 18.7 Å². The summed E-state index contributed by atoms with van der Waals surface area (Å²) in [5.74, 6) is 0.473. The van der Waals surface area contributed by atoms with Crippen LogP contribution in [0.15, 0.2) is 30.6 Å². The molecule has 0 spiro atoms. The van der Waals surface area contributed by atoms with Crippen LogP contribution in [0.1, 0.15) is 52.8 Å². The molecule has 7 nitrogen and oxygen atoms in total. The third-order valence-electron chi connectivity index (χ3n) is 4.77. The van der Waals surface area contributed by atoms with Gasteiger partial charge >= 0.3 is 0 Å². The molecule has 3 rings (SSSR count). The lowest BCUT2D eigenvalue weighted by Crippen LogP contribution is -2.27. The maximum absolute atomic E-state index is 12.6. The normalized spacial score (nSPS) is 12.1. The summed E-state index contributed by atoms with van der Waals surface area (Å²) in [5, 5.41) is 12.5. The number of nitrogens with zero attached hydrogens (tertiary/aromatic N) is 4. The van der Waals surface area contributed by atoms with Crippen LogP contribution in [0.25, 0.3) is 0 Å². The van der Waals surface area contributed by atoms with Crippen molar-refractivity contribution in [3.05, 3.63) is 63.7 Å². The van der Waals surface area contributed by atoms with Gasteiger partial charge in [-0.15, -0.1) is 0 Å². The highest BCUT2D eigenvalue weighted by Gasteiger charge is 2.17. The number of benzene rings is 1. The van der Waals surface area contributed by atoms with Gasteiger partial charge in [0.15, 0.2) is 6.73 Å². The summed E-state index contributed by atoms with van der Waals surface area (Å²) in [6, 6.07) is 5.27. The number of aryl methyl sites for hydroxylation is 4. The molecule has 1 unspecified atom stereocenters. The fourth-order valence-electron chi connectivity index (χ4n) is 3.15. The molecule has 0 aliphatic carbocycles. The molecule has 0 aliphatic rings. The summed E-state index contributed by atoms with van der Waals surface area (Å²) in [4.78, 5) is 12.6. The number of nitrogens with one attached hydrogen (secondary N) is 1. The largest absolute Gasteiger partial charge is 0.471 e. The van der Waals surface area contributed by atoms with Gasteiger partial charge in [-0.25, -0.2) is 4.68 Å². The molecule has 1 N–H and O–H groups in total. The first-order valence-electron chi connectivity index (χ1n) is 9.56. The first kappa shape index (κ1) is 20.9. The van der Waals surface area contributed by atoms with Crippen molar-refractivity contribution >= 4 is 17.5 Å². The van der Waals surface area contributed by atoms with E-state index in [1.165, 1.54) is 0 Å². The molecule has 0 saturated heterocycles. The number of ether oxygens (including phenoxy) is 1. The van der Waals surface area contributed by atoms with Gasteiger partial charge < -0.3 is 10.1 Å². The van der Waals surface area contributed by atoms with Crippen LogP contribution >= 0.6 is 11.6 Å². The first-order chi connectivity index (χ1) is 13.8. The van der Waals surface area contributed by atoms with E-state index in [9.17, 15) is 4.79 Å². The fraction of sp³-hybridized carbons (Fsp3) is 0.381. The van der Waals surface area contributed by atoms with E-state index in [2.05, 4.69) is 15.5 Å². The molecule has 0 bridgehead atoms. The Morgan fingerprint density at radius 3 is 2.52 bits per heavy atom. The molecule has 1 amide bonds. The van der Waals surface area contributed by atoms with Gasteiger partial charge in [-0.2, -0.15) is 10.2 Å². The van der Waals surface area contributed by atoms with Gasteiger partial charge in [0.2, 0.25) is 0 Å². The predicted molar refractivity (Wildman–Crippen MR) is 112 cm³/mol. The minimum absolute atomic E-state index is 0.163. The van der Waals surface area contributed by atoms with Gasteiger partial charge in [0.1, 0.15) is 11.4 Å². The highest BCUT2D eigenvalue weighted by Crippen LogP contribution is 2.26. The molecule has 29 heavy (non-hydrogen) atoms. The van der Waals surface area contributed by atoms with Crippen LogP contribution in [0.3, 0.4) is 0 Å². The molecule has 0 saturated carbocycles. The van der Waals surface area contributed by atoms with Gasteiger partial charge in [-0.3, -0.25) is 9.48 Å². The number of aromatic nitrogens is 4. The van der Waals surface area contributed by atoms with Crippen molar-refractivity contribution in [3.8, 4) is 5.75 Å². The van der Waals surface area contributed by atoms with Crippen LogP contribution in [0.5, 0.6) is 5.75 Å². The SMILES string of the molecule is CCn1cc(C(C)NC(=O)c2ccn(COc3cc(C)c(Cl)c(C)c3)n2)c(C)n1. The maximum Gasteiger partial charge on any atom is 0.272 e. The zero-order valence-corrected chi connectivity index (χ0v) is 18.1. The molecule has 2 heterocycles. The lowest BCUT2D eigenvalue weighted by molar-refractivity contribution is 0.0932. The first-order valence-corrected chi connectivity index (χ1v) is 9.94. The monoisotopic (exact) mass is 415 g/mol. The number of carbonyl (C=O) groups is 1. The van der Waals surface area contributed by atoms with E-state index in [0.29, 0.717) is 11.4 Å². The van der Waals surface area contributed by atoms with Crippen molar-refractivity contribution in [3.63, 3.8) is 0 Å². The van der Waals surface area contributed by atoms with Gasteiger partial charge in [0, 0.05) is 29.5 Å². The van der Waals surface area contributed by atoms with Gasteiger partial charge in [0.05, 0.1) is 11.7 Å². The molecule has 2 aromatic heterocycles. The standard InChI is InChI=1S/C21H26ClN5O2/c1-6-26-11-18(16(5)24-26)15(4)23-21(28)19-7-8-27(25-19)12-29-17-9-13(2)20(22)14(3)10-17/h7-11,15H,6,12H2,1-5H3,(H,23,28). The topological polar surface area (TPSA) is 74.0 Å². The van der Waals surface area contributed by atoms with E-state index in [0.717, 1.165) is 34.0 Å². The number of carbonyl (C=O) groups excluding carboxylic acids is 1. The Hall–Kier alpha value is -2.80. The summed E-state index contributed by atoms with van der Waals surface area (Å²) in [6.07, 6.45) is 3.68. The Kier molecular flexibility index (Phi) is 6.27. The second kappa shape index (κ2) is 8.69. The van der Waals surface area contributed by atoms with Gasteiger partial charge in [-0.1, -0.05) is 11.6 Å². The summed E-state index contributed by atoms with van der Waals surface area (Å²) >= 11 is 6.19. The van der Waals surface area contributed by atoms with Crippen LogP contribution in [-0.4, -0.2) is 25.5 Å². The lowest BCUT2D eigenvalue weighted by Gasteiger charge is -2.12. The second-order valence-corrected chi connectivity index (χ2v) is 7.48. The van der Waals surface area contributed by atoms with Crippen molar-refractivity contribution in [1.82, 2.24) is 24.9 Å². The smallest absolute Gasteiger partial charge is 0.272 e. The Balaban J connectivity index is 1.61. The van der Waals surface area contributed by atoms with E-state index in [4.69, 9.17) is 16.3 Å². The van der Waals surface area contributed by atoms with Crippen LogP contribution in [0, 0.1) is 20.8 Å². The van der Waals surface area contributed by atoms with E-state index < -0.39 is 0 Å². The molecule has 1 aromatic carbocycles. The molecular formula is C21H26ClN5O2. The van der Waals surface area contributed by atoms with Gasteiger partial charge in [0.25, 0.3) is 5.91 Å². The number of halogens is 1. The van der Waals surface area contributed by atoms with Gasteiger partial charge in [-0.05, 0) is 63.9 Å². The van der Waals surface area contributed by atoms with Crippen molar-refractivity contribution < 1.29 is 9.53 Å². The third kappa shape index (κ3) is 4.79. The van der Waals surface area contributed by atoms with Crippen LogP contribution in [-0.2, 0) is 13.3 Å². The summed E-state index contributed by atoms with van der Waals surface area (Å²) in [5.41, 5.74) is 4.16. The molecule has 3 aromatic rings. The zero-order chi connectivity index (χ0) is 21.1. The van der Waals surface area contributed by atoms with Crippen molar-refractivity contribution in [2.45, 2.75) is 53.9 Å². The number of amides is 1. The maximum atomic E-state index is 12.6. The Labute approximate surface area is 175 Å². The zero-order valence-electron chi connectivity index (χ0n) is 17.4. The Morgan fingerprint density at radius 2 is 1.90 bits per heavy atom. The van der Waals surface area contributed by atoms with Crippen LogP contribution in [0.4, 0.5) is 0 Å². The quantitative estimate of drug-likeness (QED) is 0.627. The number of hydrogen-bond acceptors (Lipinski definition) is 4. The summed E-state index contributed by atoms with van der Waals surface area (Å²) in [7, 11) is 0. The molecule has 0 radical (unpaired) electrons. The van der Waals surface area contributed by atoms with E-state index >= 15 is 0 Å². The van der Waals surface area contributed by atoms with Crippen LogP contribution < -0.4 is 10.1 Å². The minimum atomic E-state index is -0.238. The van der Waals surface area contributed by atoms with E-state index in [1.807, 2.05) is 57.6 Å². The highest BCUT2D eigenvalue weighted by atomic mass is 35.5. The summed E-state index contributed by atoms with van der Waals surface area (Å²) in [6.45, 7) is 10.8. The molecule has 0 aliphatic heterocycles. The summed E-state index contributed by atoms with van der Waals surface area (Å²) < 4.78 is 9.23. The molecule has 8 heteroatoms. The van der Waals surface area contributed by atoms with Crippen LogP contribution in [0.2, 0.25) is 5.02 Å². The van der Waals surface area contributed by atoms with Crippen molar-refractivity contribution in [2.75, 3.05) is 0 Å². The third-order valence-corrected chi connectivity index (χ3v) is 5.37. The van der Waals surface area contributed by atoms with Crippen molar-refractivity contribution in [1.29, 1.82) is 0 Å². The average molecular weight is 416 g/mol. The minimum Gasteiger partial charge on any atom is -0.471 e. The molecule has 0 fully saturated rings. The number of rotatable bonds is 7. The van der Waals surface area contributed by atoms with E-state index in [1.54, 1.807) is 16.9 Å². The predicted octanol–water partition coefficient (Wildman–Crippen LogP) is 4.21. The van der Waals surface area contributed by atoms with Crippen molar-refractivity contribution in [2.24, 2.45) is 0 Å². The Morgan fingerprint density at radius 1 is 1.21 bits per heavy atom. The molecule has 1 atom stereocenters.